The van der Waals surface area contributed by atoms with Crippen molar-refractivity contribution in [2.24, 2.45) is 5.73 Å². The minimum Gasteiger partial charge on any atom is -0.360 e. The molecule has 0 bridgehead atoms. The fraction of sp³-hybridized carbons (Fsp3) is 0.200. The van der Waals surface area contributed by atoms with Crippen molar-refractivity contribution in [3.8, 4) is 11.8 Å². The second-order valence-corrected chi connectivity index (χ2v) is 4.31. The Morgan fingerprint density at radius 1 is 1.40 bits per heavy atom. The molecule has 2 rings (SSSR count). The summed E-state index contributed by atoms with van der Waals surface area (Å²) in [6.07, 6.45) is 0. The van der Waals surface area contributed by atoms with Crippen molar-refractivity contribution in [1.82, 2.24) is 5.16 Å². The molecule has 0 aliphatic rings. The van der Waals surface area contributed by atoms with Gasteiger partial charge in [-0.1, -0.05) is 23.1 Å². The number of aromatic nitrogens is 1. The van der Waals surface area contributed by atoms with Crippen LogP contribution in [0.15, 0.2) is 28.8 Å². The number of nitrogens with one attached hydrogen (secondary N) is 1. The SMILES string of the molecule is Cc1cc(NC(=O)c2cc(C#CCN)ccc2C)no1. The highest BCUT2D eigenvalue weighted by Gasteiger charge is 2.11. The molecule has 5 nitrogen and oxygen atoms in total. The maximum atomic E-state index is 12.2. The molecule has 1 heterocycles. The normalized spacial score (nSPS) is 9.75. The Morgan fingerprint density at radius 3 is 2.85 bits per heavy atom. The molecule has 0 unspecified atom stereocenters. The van der Waals surface area contributed by atoms with Crippen molar-refractivity contribution >= 4 is 11.7 Å². The third-order valence-electron chi connectivity index (χ3n) is 2.69. The van der Waals surface area contributed by atoms with Gasteiger partial charge in [0.05, 0.1) is 6.54 Å². The Kier molecular flexibility index (Phi) is 4.18. The Hall–Kier alpha value is -2.58. The molecule has 0 spiro atoms. The van der Waals surface area contributed by atoms with E-state index >= 15 is 0 Å². The molecule has 1 aromatic carbocycles. The molecule has 0 aliphatic carbocycles. The predicted molar refractivity (Wildman–Crippen MR) is 76.3 cm³/mol. The lowest BCUT2D eigenvalue weighted by Gasteiger charge is -2.05. The summed E-state index contributed by atoms with van der Waals surface area (Å²) < 4.78 is 4.91. The van der Waals surface area contributed by atoms with E-state index in [0.29, 0.717) is 17.1 Å². The van der Waals surface area contributed by atoms with Crippen molar-refractivity contribution in [2.45, 2.75) is 13.8 Å². The first-order valence-electron chi connectivity index (χ1n) is 6.14. The summed E-state index contributed by atoms with van der Waals surface area (Å²) in [5.74, 6) is 6.46. The number of rotatable bonds is 2. The van der Waals surface area contributed by atoms with Crippen molar-refractivity contribution in [2.75, 3.05) is 11.9 Å². The number of anilines is 1. The molecule has 1 amide bonds. The van der Waals surface area contributed by atoms with Gasteiger partial charge in [-0.15, -0.1) is 0 Å². The fourth-order valence-electron chi connectivity index (χ4n) is 1.71. The van der Waals surface area contributed by atoms with Crippen LogP contribution in [-0.4, -0.2) is 17.6 Å². The van der Waals surface area contributed by atoms with Crippen LogP contribution in [0.25, 0.3) is 0 Å². The summed E-state index contributed by atoms with van der Waals surface area (Å²) in [6.45, 7) is 3.91. The number of aryl methyl sites for hydroxylation is 2. The Labute approximate surface area is 117 Å². The first-order valence-corrected chi connectivity index (χ1v) is 6.14. The van der Waals surface area contributed by atoms with E-state index in [-0.39, 0.29) is 12.5 Å². The molecule has 0 atom stereocenters. The number of carbonyl (C=O) groups is 1. The summed E-state index contributed by atoms with van der Waals surface area (Å²) in [4.78, 5) is 12.2. The van der Waals surface area contributed by atoms with E-state index in [1.807, 2.05) is 19.1 Å². The highest BCUT2D eigenvalue weighted by atomic mass is 16.5. The van der Waals surface area contributed by atoms with E-state index in [1.165, 1.54) is 0 Å². The third-order valence-corrected chi connectivity index (χ3v) is 2.69. The molecule has 3 N–H and O–H groups in total. The lowest BCUT2D eigenvalue weighted by Crippen LogP contribution is -2.13. The maximum Gasteiger partial charge on any atom is 0.257 e. The smallest absolute Gasteiger partial charge is 0.257 e. The molecule has 102 valence electrons. The zero-order valence-corrected chi connectivity index (χ0v) is 11.4. The predicted octanol–water partition coefficient (Wildman–Crippen LogP) is 1.85. The molecule has 5 heteroatoms. The minimum absolute atomic E-state index is 0.243. The molecule has 0 saturated heterocycles. The van der Waals surface area contributed by atoms with Crippen LogP contribution in [0.3, 0.4) is 0 Å². The second-order valence-electron chi connectivity index (χ2n) is 4.31. The molecular weight excluding hydrogens is 254 g/mol. The molecule has 1 aromatic heterocycles. The van der Waals surface area contributed by atoms with Crippen LogP contribution >= 0.6 is 0 Å². The van der Waals surface area contributed by atoms with E-state index in [0.717, 1.165) is 11.1 Å². The topological polar surface area (TPSA) is 81.2 Å². The fourth-order valence-corrected chi connectivity index (χ4v) is 1.71. The van der Waals surface area contributed by atoms with Gasteiger partial charge in [-0.25, -0.2) is 0 Å². The van der Waals surface area contributed by atoms with Gasteiger partial charge in [0.15, 0.2) is 5.82 Å². The van der Waals surface area contributed by atoms with Gasteiger partial charge in [-0.05, 0) is 31.5 Å². The van der Waals surface area contributed by atoms with Gasteiger partial charge >= 0.3 is 0 Å². The molecular formula is C15H15N3O2. The number of hydrogen-bond donors (Lipinski definition) is 2. The van der Waals surface area contributed by atoms with Gasteiger partial charge in [0.25, 0.3) is 5.91 Å². The third kappa shape index (κ3) is 3.25. The number of benzene rings is 1. The first kappa shape index (κ1) is 13.8. The van der Waals surface area contributed by atoms with Crippen LogP contribution in [0.4, 0.5) is 5.82 Å². The second kappa shape index (κ2) is 6.04. The summed E-state index contributed by atoms with van der Waals surface area (Å²) in [6, 6.07) is 7.10. The number of nitrogens with two attached hydrogens (primary N) is 1. The summed E-state index contributed by atoms with van der Waals surface area (Å²) in [5.41, 5.74) is 7.50. The number of amides is 1. The molecule has 0 saturated carbocycles. The van der Waals surface area contributed by atoms with E-state index < -0.39 is 0 Å². The Bertz CT molecular complexity index is 693. The van der Waals surface area contributed by atoms with Gasteiger partial charge in [-0.3, -0.25) is 4.79 Å². The average molecular weight is 269 g/mol. The van der Waals surface area contributed by atoms with Gasteiger partial charge in [0.2, 0.25) is 0 Å². The van der Waals surface area contributed by atoms with Crippen molar-refractivity contribution in [3.63, 3.8) is 0 Å². The van der Waals surface area contributed by atoms with Crippen molar-refractivity contribution in [1.29, 1.82) is 0 Å². The van der Waals surface area contributed by atoms with Gasteiger partial charge in [0, 0.05) is 17.2 Å². The highest BCUT2D eigenvalue weighted by molar-refractivity contribution is 6.05. The maximum absolute atomic E-state index is 12.2. The summed E-state index contributed by atoms with van der Waals surface area (Å²) >= 11 is 0. The van der Waals surface area contributed by atoms with Gasteiger partial charge in [0.1, 0.15) is 5.76 Å². The molecule has 2 aromatic rings. The molecule has 0 fully saturated rings. The molecule has 20 heavy (non-hydrogen) atoms. The number of hydrogen-bond acceptors (Lipinski definition) is 4. The van der Waals surface area contributed by atoms with E-state index in [2.05, 4.69) is 22.3 Å². The minimum atomic E-state index is -0.243. The largest absolute Gasteiger partial charge is 0.360 e. The monoisotopic (exact) mass is 269 g/mol. The van der Waals surface area contributed by atoms with Gasteiger partial charge in [-0.2, -0.15) is 0 Å². The lowest BCUT2D eigenvalue weighted by molar-refractivity contribution is 0.102. The van der Waals surface area contributed by atoms with Crippen LogP contribution in [0.1, 0.15) is 27.2 Å². The highest BCUT2D eigenvalue weighted by Crippen LogP contribution is 2.14. The quantitative estimate of drug-likeness (QED) is 0.815. The van der Waals surface area contributed by atoms with E-state index in [1.54, 1.807) is 19.1 Å². The first-order chi connectivity index (χ1) is 9.60. The Balaban J connectivity index is 2.24. The van der Waals surface area contributed by atoms with Crippen LogP contribution < -0.4 is 11.1 Å². The van der Waals surface area contributed by atoms with Crippen molar-refractivity contribution < 1.29 is 9.32 Å². The summed E-state index contributed by atoms with van der Waals surface area (Å²) in [5, 5.41) is 6.42. The molecule has 0 radical (unpaired) electrons. The summed E-state index contributed by atoms with van der Waals surface area (Å²) in [7, 11) is 0. The van der Waals surface area contributed by atoms with Crippen LogP contribution in [0, 0.1) is 25.7 Å². The van der Waals surface area contributed by atoms with Crippen LogP contribution in [0.5, 0.6) is 0 Å². The van der Waals surface area contributed by atoms with Gasteiger partial charge < -0.3 is 15.6 Å². The van der Waals surface area contributed by atoms with Crippen molar-refractivity contribution in [3.05, 3.63) is 46.7 Å². The van der Waals surface area contributed by atoms with E-state index in [4.69, 9.17) is 10.3 Å². The zero-order chi connectivity index (χ0) is 14.5. The van der Waals surface area contributed by atoms with E-state index in [9.17, 15) is 4.79 Å². The standard InChI is InChI=1S/C15H15N3O2/c1-10-5-6-12(4-3-7-16)9-13(10)15(19)17-14-8-11(2)20-18-14/h5-6,8-9H,7,16H2,1-2H3,(H,17,18,19). The zero-order valence-electron chi connectivity index (χ0n) is 11.4. The Morgan fingerprint density at radius 2 is 2.20 bits per heavy atom. The molecule has 0 aliphatic heterocycles. The lowest BCUT2D eigenvalue weighted by atomic mass is 10.0. The average Bonchev–Trinajstić information content (AvgIpc) is 2.83. The van der Waals surface area contributed by atoms with Crippen LogP contribution in [-0.2, 0) is 0 Å². The van der Waals surface area contributed by atoms with Crippen LogP contribution in [0.2, 0.25) is 0 Å². The number of carbonyl (C=O) groups excluding carboxylic acids is 1. The number of nitrogens with zero attached hydrogens (tertiary/aromatic N) is 1.